The van der Waals surface area contributed by atoms with Gasteiger partial charge in [-0.05, 0) is 65.4 Å². The van der Waals surface area contributed by atoms with E-state index in [4.69, 9.17) is 23.2 Å². The van der Waals surface area contributed by atoms with Crippen LogP contribution in [0.15, 0.2) is 35.3 Å². The van der Waals surface area contributed by atoms with Gasteiger partial charge in [-0.25, -0.2) is 0 Å². The van der Waals surface area contributed by atoms with Gasteiger partial charge in [0.15, 0.2) is 0 Å². The van der Waals surface area contributed by atoms with Crippen molar-refractivity contribution in [3.05, 3.63) is 55.1 Å². The maximum absolute atomic E-state index is 9.95. The van der Waals surface area contributed by atoms with Gasteiger partial charge in [0.2, 0.25) is 0 Å². The van der Waals surface area contributed by atoms with Crippen molar-refractivity contribution >= 4 is 57.7 Å². The first-order valence-electron chi connectivity index (χ1n) is 5.45. The van der Waals surface area contributed by atoms with Crippen molar-refractivity contribution in [1.82, 2.24) is 0 Å². The van der Waals surface area contributed by atoms with Gasteiger partial charge < -0.3 is 5.11 Å². The maximum atomic E-state index is 9.95. The number of phenolic OH excluding ortho intramolecular Hbond substituents is 1. The number of aliphatic imine (C=N–C) groups is 1. The second-order valence-corrected chi connectivity index (χ2v) is 6.02. The van der Waals surface area contributed by atoms with Gasteiger partial charge in [0.1, 0.15) is 5.75 Å². The van der Waals surface area contributed by atoms with Gasteiger partial charge >= 0.3 is 0 Å². The first-order chi connectivity index (χ1) is 8.97. The van der Waals surface area contributed by atoms with E-state index < -0.39 is 0 Å². The summed E-state index contributed by atoms with van der Waals surface area (Å²) < 4.78 is 0.799. The van der Waals surface area contributed by atoms with Crippen molar-refractivity contribution in [3.63, 3.8) is 0 Å². The van der Waals surface area contributed by atoms with Crippen LogP contribution in [0.25, 0.3) is 0 Å². The predicted molar refractivity (Wildman–Crippen MR) is 89.3 cm³/mol. The van der Waals surface area contributed by atoms with Crippen LogP contribution in [0.2, 0.25) is 10.0 Å². The van der Waals surface area contributed by atoms with Crippen LogP contribution in [0.3, 0.4) is 0 Å². The van der Waals surface area contributed by atoms with Crippen molar-refractivity contribution in [2.45, 2.75) is 6.92 Å². The first kappa shape index (κ1) is 14.6. The minimum absolute atomic E-state index is 0.231. The number of benzene rings is 2. The summed E-state index contributed by atoms with van der Waals surface area (Å²) in [5.41, 5.74) is 2.43. The molecule has 19 heavy (non-hydrogen) atoms. The summed E-state index contributed by atoms with van der Waals surface area (Å²) in [4.78, 5) is 4.29. The van der Waals surface area contributed by atoms with Gasteiger partial charge in [-0.3, -0.25) is 4.99 Å². The van der Waals surface area contributed by atoms with Crippen LogP contribution in [0.5, 0.6) is 5.75 Å². The average Bonchev–Trinajstić information content (AvgIpc) is 2.36. The zero-order valence-electron chi connectivity index (χ0n) is 9.99. The predicted octanol–water partition coefficient (Wildman–Crippen LogP) is 5.36. The van der Waals surface area contributed by atoms with E-state index in [0.29, 0.717) is 21.3 Å². The van der Waals surface area contributed by atoms with Crippen molar-refractivity contribution in [1.29, 1.82) is 0 Å². The summed E-state index contributed by atoms with van der Waals surface area (Å²) in [6.07, 6.45) is 1.62. The molecule has 0 spiro atoms. The second-order valence-electron chi connectivity index (χ2n) is 4.04. The quantitative estimate of drug-likeness (QED) is 0.529. The smallest absolute Gasteiger partial charge is 0.137 e. The summed E-state index contributed by atoms with van der Waals surface area (Å²) in [5.74, 6) is 0.231. The Balaban J connectivity index is 2.35. The standard InChI is InChI=1S/C14H10Cl2INO/c1-8-4-9(14(19)13(17)5-8)7-18-10-2-3-11(15)12(16)6-10/h2-7,19H,1H3. The highest BCUT2D eigenvalue weighted by molar-refractivity contribution is 14.1. The second kappa shape index (κ2) is 6.11. The Morgan fingerprint density at radius 3 is 2.58 bits per heavy atom. The minimum Gasteiger partial charge on any atom is -0.506 e. The van der Waals surface area contributed by atoms with Crippen molar-refractivity contribution in [2.75, 3.05) is 0 Å². The molecule has 98 valence electrons. The van der Waals surface area contributed by atoms with Crippen molar-refractivity contribution in [3.8, 4) is 5.75 Å². The van der Waals surface area contributed by atoms with E-state index in [1.165, 1.54) is 0 Å². The molecule has 0 saturated heterocycles. The molecule has 0 saturated carbocycles. The molecule has 5 heteroatoms. The van der Waals surface area contributed by atoms with Gasteiger partial charge in [-0.15, -0.1) is 0 Å². The summed E-state index contributed by atoms with van der Waals surface area (Å²) in [6.45, 7) is 1.97. The van der Waals surface area contributed by atoms with Gasteiger partial charge in [0.05, 0.1) is 19.3 Å². The molecule has 2 aromatic rings. The normalized spacial score (nSPS) is 11.2. The summed E-state index contributed by atoms with van der Waals surface area (Å²) in [5, 5.41) is 10.9. The van der Waals surface area contributed by atoms with E-state index in [1.54, 1.807) is 24.4 Å². The van der Waals surface area contributed by atoms with E-state index >= 15 is 0 Å². The number of hydrogen-bond donors (Lipinski definition) is 1. The molecule has 0 unspecified atom stereocenters. The average molecular weight is 406 g/mol. The van der Waals surface area contributed by atoms with E-state index in [0.717, 1.165) is 9.13 Å². The SMILES string of the molecule is Cc1cc(I)c(O)c(C=Nc2ccc(Cl)c(Cl)c2)c1. The lowest BCUT2D eigenvalue weighted by Gasteiger charge is -2.04. The van der Waals surface area contributed by atoms with Crippen LogP contribution in [0.1, 0.15) is 11.1 Å². The molecular weight excluding hydrogens is 396 g/mol. The molecule has 0 radical (unpaired) electrons. The molecule has 2 aromatic carbocycles. The minimum atomic E-state index is 0.231. The topological polar surface area (TPSA) is 32.6 Å². The fourth-order valence-electron chi connectivity index (χ4n) is 1.57. The number of rotatable bonds is 2. The largest absolute Gasteiger partial charge is 0.506 e. The van der Waals surface area contributed by atoms with Crippen molar-refractivity contribution in [2.24, 2.45) is 4.99 Å². The first-order valence-corrected chi connectivity index (χ1v) is 7.29. The van der Waals surface area contributed by atoms with Crippen LogP contribution in [-0.4, -0.2) is 11.3 Å². The summed E-state index contributed by atoms with van der Waals surface area (Å²) in [7, 11) is 0. The van der Waals surface area contributed by atoms with E-state index in [1.807, 2.05) is 19.1 Å². The number of phenols is 1. The fourth-order valence-corrected chi connectivity index (χ4v) is 2.66. The Morgan fingerprint density at radius 2 is 1.89 bits per heavy atom. The fraction of sp³-hybridized carbons (Fsp3) is 0.0714. The van der Waals surface area contributed by atoms with E-state index in [-0.39, 0.29) is 5.75 Å². The third-order valence-electron chi connectivity index (χ3n) is 2.49. The lowest BCUT2D eigenvalue weighted by molar-refractivity contribution is 0.470. The molecule has 0 fully saturated rings. The molecule has 0 amide bonds. The lowest BCUT2D eigenvalue weighted by Crippen LogP contribution is -1.87. The van der Waals surface area contributed by atoms with Crippen LogP contribution in [-0.2, 0) is 0 Å². The third-order valence-corrected chi connectivity index (χ3v) is 4.05. The number of aryl methyl sites for hydroxylation is 1. The van der Waals surface area contributed by atoms with E-state index in [2.05, 4.69) is 27.6 Å². The maximum Gasteiger partial charge on any atom is 0.137 e. The monoisotopic (exact) mass is 405 g/mol. The zero-order valence-corrected chi connectivity index (χ0v) is 13.7. The summed E-state index contributed by atoms with van der Waals surface area (Å²) >= 11 is 13.9. The number of hydrogen-bond acceptors (Lipinski definition) is 2. The molecule has 0 aliphatic heterocycles. The molecule has 1 N–H and O–H groups in total. The molecule has 0 aliphatic rings. The Kier molecular flexibility index (Phi) is 4.71. The lowest BCUT2D eigenvalue weighted by atomic mass is 10.1. The molecule has 0 atom stereocenters. The summed E-state index contributed by atoms with van der Waals surface area (Å²) in [6, 6.07) is 8.92. The molecule has 0 aromatic heterocycles. The highest BCUT2D eigenvalue weighted by Crippen LogP contribution is 2.28. The van der Waals surface area contributed by atoms with E-state index in [9.17, 15) is 5.11 Å². The Labute approximate surface area is 135 Å². The number of halogens is 3. The zero-order chi connectivity index (χ0) is 14.0. The Morgan fingerprint density at radius 1 is 1.16 bits per heavy atom. The molecule has 0 heterocycles. The highest BCUT2D eigenvalue weighted by atomic mass is 127. The van der Waals surface area contributed by atoms with Crippen LogP contribution in [0, 0.1) is 10.5 Å². The van der Waals surface area contributed by atoms with Crippen LogP contribution < -0.4 is 0 Å². The Bertz CT molecular complexity index is 656. The van der Waals surface area contributed by atoms with Gasteiger partial charge in [-0.2, -0.15) is 0 Å². The molecule has 2 nitrogen and oxygen atoms in total. The molecular formula is C14H10Cl2INO. The van der Waals surface area contributed by atoms with Crippen LogP contribution >= 0.6 is 45.8 Å². The number of nitrogens with zero attached hydrogens (tertiary/aromatic N) is 1. The molecule has 0 bridgehead atoms. The van der Waals surface area contributed by atoms with Crippen molar-refractivity contribution < 1.29 is 5.11 Å². The Hall–Kier alpha value is -0.780. The van der Waals surface area contributed by atoms with Gasteiger partial charge in [-0.1, -0.05) is 23.2 Å². The number of aromatic hydroxyl groups is 1. The third kappa shape index (κ3) is 3.61. The highest BCUT2D eigenvalue weighted by Gasteiger charge is 2.04. The van der Waals surface area contributed by atoms with Gasteiger partial charge in [0, 0.05) is 11.8 Å². The molecule has 0 aliphatic carbocycles. The molecule has 2 rings (SSSR count). The van der Waals surface area contributed by atoms with Gasteiger partial charge in [0.25, 0.3) is 0 Å². The van der Waals surface area contributed by atoms with Crippen LogP contribution in [0.4, 0.5) is 5.69 Å².